The van der Waals surface area contributed by atoms with Gasteiger partial charge in [0.05, 0.1) is 16.3 Å². The molecule has 4 rings (SSSR count). The van der Waals surface area contributed by atoms with Crippen LogP contribution in [0.2, 0.25) is 5.02 Å². The number of anilines is 1. The molecule has 30 heavy (non-hydrogen) atoms. The molecule has 0 spiro atoms. The Bertz CT molecular complexity index is 1240. The lowest BCUT2D eigenvalue weighted by Gasteiger charge is -2.02. The second-order valence-corrected chi connectivity index (χ2v) is 6.75. The van der Waals surface area contributed by atoms with Crippen LogP contribution < -0.4 is 5.73 Å². The van der Waals surface area contributed by atoms with E-state index in [4.69, 9.17) is 17.3 Å². The molecule has 0 atom stereocenters. The number of nitrogens with two attached hydrogens (primary N) is 1. The van der Waals surface area contributed by atoms with Crippen LogP contribution in [0.5, 0.6) is 0 Å². The Labute approximate surface area is 176 Å². The third-order valence-electron chi connectivity index (χ3n) is 4.32. The summed E-state index contributed by atoms with van der Waals surface area (Å²) >= 11 is 6.15. The number of aromatic nitrogens is 2. The van der Waals surface area contributed by atoms with Gasteiger partial charge in [-0.3, -0.25) is 10.1 Å². The van der Waals surface area contributed by atoms with Gasteiger partial charge in [-0.05, 0) is 36.4 Å². The monoisotopic (exact) mass is 418 g/mol. The standard InChI is InChI=1S/C21H15ClN6O2/c22-15-6-4-5-14(13-15)19-20(21(23)27(26-19)17-7-2-1-3-8-17)25-24-16-9-11-18(12-10-16)28(29)30/h1-13H,23H2. The molecule has 0 saturated heterocycles. The van der Waals surface area contributed by atoms with Crippen LogP contribution in [0.4, 0.5) is 22.9 Å². The van der Waals surface area contributed by atoms with Crippen LogP contribution in [-0.2, 0) is 0 Å². The van der Waals surface area contributed by atoms with Crippen LogP contribution in [0.3, 0.4) is 0 Å². The molecule has 0 aliphatic rings. The third-order valence-corrected chi connectivity index (χ3v) is 4.56. The van der Waals surface area contributed by atoms with E-state index in [9.17, 15) is 10.1 Å². The predicted molar refractivity (Wildman–Crippen MR) is 116 cm³/mol. The van der Waals surface area contributed by atoms with Crippen LogP contribution in [-0.4, -0.2) is 14.7 Å². The zero-order valence-corrected chi connectivity index (χ0v) is 16.3. The van der Waals surface area contributed by atoms with E-state index in [-0.39, 0.29) is 5.69 Å². The Morgan fingerprint density at radius 2 is 1.70 bits per heavy atom. The normalized spacial score (nSPS) is 11.1. The molecule has 3 aromatic carbocycles. The number of hydrogen-bond donors (Lipinski definition) is 1. The third kappa shape index (κ3) is 3.89. The van der Waals surface area contributed by atoms with Crippen molar-refractivity contribution in [1.82, 2.24) is 9.78 Å². The fourth-order valence-electron chi connectivity index (χ4n) is 2.87. The summed E-state index contributed by atoms with van der Waals surface area (Å²) in [5.41, 5.74) is 9.19. The van der Waals surface area contributed by atoms with E-state index in [0.29, 0.717) is 27.9 Å². The lowest BCUT2D eigenvalue weighted by Crippen LogP contribution is -2.01. The van der Waals surface area contributed by atoms with Gasteiger partial charge in [-0.1, -0.05) is 41.9 Å². The molecule has 0 radical (unpaired) electrons. The molecule has 8 nitrogen and oxygen atoms in total. The minimum atomic E-state index is -0.472. The zero-order chi connectivity index (χ0) is 21.1. The lowest BCUT2D eigenvalue weighted by atomic mass is 10.1. The van der Waals surface area contributed by atoms with Crippen molar-refractivity contribution in [3.8, 4) is 16.9 Å². The molecule has 0 fully saturated rings. The van der Waals surface area contributed by atoms with Crippen molar-refractivity contribution in [2.45, 2.75) is 0 Å². The van der Waals surface area contributed by atoms with Crippen molar-refractivity contribution < 1.29 is 4.92 Å². The van der Waals surface area contributed by atoms with E-state index >= 15 is 0 Å². The zero-order valence-electron chi connectivity index (χ0n) is 15.5. The number of hydrogen-bond acceptors (Lipinski definition) is 6. The first kappa shape index (κ1) is 19.3. The second-order valence-electron chi connectivity index (χ2n) is 6.31. The number of nitrogen functional groups attached to an aromatic ring is 1. The van der Waals surface area contributed by atoms with E-state index in [0.717, 1.165) is 11.3 Å². The van der Waals surface area contributed by atoms with E-state index in [2.05, 4.69) is 15.3 Å². The predicted octanol–water partition coefficient (Wildman–Crippen LogP) is 6.10. The van der Waals surface area contributed by atoms with Gasteiger partial charge in [-0.15, -0.1) is 5.11 Å². The molecular weight excluding hydrogens is 404 g/mol. The Morgan fingerprint density at radius 1 is 0.967 bits per heavy atom. The van der Waals surface area contributed by atoms with Gasteiger partial charge in [0, 0.05) is 22.7 Å². The first-order chi connectivity index (χ1) is 14.5. The van der Waals surface area contributed by atoms with Crippen molar-refractivity contribution in [2.24, 2.45) is 10.2 Å². The van der Waals surface area contributed by atoms with Gasteiger partial charge in [-0.25, -0.2) is 4.68 Å². The number of para-hydroxylation sites is 1. The topological polar surface area (TPSA) is 112 Å². The molecule has 0 aliphatic heterocycles. The molecule has 2 N–H and O–H groups in total. The first-order valence-corrected chi connectivity index (χ1v) is 9.27. The highest BCUT2D eigenvalue weighted by Crippen LogP contribution is 2.38. The summed E-state index contributed by atoms with van der Waals surface area (Å²) in [6, 6.07) is 22.4. The summed E-state index contributed by atoms with van der Waals surface area (Å²) in [5.74, 6) is 0.307. The number of non-ortho nitro benzene ring substituents is 1. The highest BCUT2D eigenvalue weighted by atomic mass is 35.5. The number of rotatable bonds is 5. The summed E-state index contributed by atoms with van der Waals surface area (Å²) in [7, 11) is 0. The van der Waals surface area contributed by atoms with Gasteiger partial charge >= 0.3 is 0 Å². The van der Waals surface area contributed by atoms with Crippen molar-refractivity contribution >= 4 is 34.5 Å². The van der Waals surface area contributed by atoms with E-state index in [1.807, 2.05) is 42.5 Å². The Kier molecular flexibility index (Phi) is 5.23. The summed E-state index contributed by atoms with van der Waals surface area (Å²) in [4.78, 5) is 10.3. The quantitative estimate of drug-likeness (QED) is 0.239. The number of halogens is 1. The molecule has 0 unspecified atom stereocenters. The molecule has 4 aromatic rings. The average Bonchev–Trinajstić information content (AvgIpc) is 3.09. The highest BCUT2D eigenvalue weighted by Gasteiger charge is 2.18. The van der Waals surface area contributed by atoms with Crippen LogP contribution in [0.1, 0.15) is 0 Å². The smallest absolute Gasteiger partial charge is 0.269 e. The van der Waals surface area contributed by atoms with Gasteiger partial charge in [0.15, 0.2) is 11.5 Å². The van der Waals surface area contributed by atoms with Crippen molar-refractivity contribution in [3.63, 3.8) is 0 Å². The maximum absolute atomic E-state index is 10.8. The van der Waals surface area contributed by atoms with E-state index < -0.39 is 4.92 Å². The van der Waals surface area contributed by atoms with Crippen LogP contribution in [0.25, 0.3) is 16.9 Å². The van der Waals surface area contributed by atoms with Gasteiger partial charge in [0.25, 0.3) is 5.69 Å². The van der Waals surface area contributed by atoms with Gasteiger partial charge in [0.1, 0.15) is 5.69 Å². The maximum Gasteiger partial charge on any atom is 0.269 e. The minimum Gasteiger partial charge on any atom is -0.382 e. The summed E-state index contributed by atoms with van der Waals surface area (Å²) in [6.45, 7) is 0. The number of nitrogens with zero attached hydrogens (tertiary/aromatic N) is 5. The minimum absolute atomic E-state index is 0.0232. The number of nitro groups is 1. The van der Waals surface area contributed by atoms with Crippen LogP contribution in [0.15, 0.2) is 89.1 Å². The molecule has 0 saturated carbocycles. The van der Waals surface area contributed by atoms with Crippen molar-refractivity contribution in [1.29, 1.82) is 0 Å². The van der Waals surface area contributed by atoms with Gasteiger partial charge < -0.3 is 5.73 Å². The van der Waals surface area contributed by atoms with Gasteiger partial charge in [-0.2, -0.15) is 10.2 Å². The Hall–Kier alpha value is -4.04. The van der Waals surface area contributed by atoms with Crippen LogP contribution >= 0.6 is 11.6 Å². The van der Waals surface area contributed by atoms with Crippen molar-refractivity contribution in [2.75, 3.05) is 5.73 Å². The molecule has 0 aliphatic carbocycles. The fraction of sp³-hybridized carbons (Fsp3) is 0. The molecule has 1 aromatic heterocycles. The van der Waals surface area contributed by atoms with E-state index in [1.54, 1.807) is 16.8 Å². The molecule has 1 heterocycles. The summed E-state index contributed by atoms with van der Waals surface area (Å²) in [5, 5.41) is 24.5. The SMILES string of the molecule is Nc1c(N=Nc2ccc([N+](=O)[O-])cc2)c(-c2cccc(Cl)c2)nn1-c1ccccc1. The number of benzene rings is 3. The molecule has 0 bridgehead atoms. The summed E-state index contributed by atoms with van der Waals surface area (Å²) < 4.78 is 1.58. The first-order valence-electron chi connectivity index (χ1n) is 8.89. The Morgan fingerprint density at radius 3 is 2.37 bits per heavy atom. The summed E-state index contributed by atoms with van der Waals surface area (Å²) in [6.07, 6.45) is 0. The molecule has 148 valence electrons. The lowest BCUT2D eigenvalue weighted by molar-refractivity contribution is -0.384. The average molecular weight is 419 g/mol. The molecule has 9 heteroatoms. The highest BCUT2D eigenvalue weighted by molar-refractivity contribution is 6.30. The maximum atomic E-state index is 10.8. The molecular formula is C21H15ClN6O2. The largest absolute Gasteiger partial charge is 0.382 e. The van der Waals surface area contributed by atoms with Crippen molar-refractivity contribution in [3.05, 3.63) is 94.0 Å². The van der Waals surface area contributed by atoms with E-state index in [1.165, 1.54) is 24.3 Å². The number of nitro benzene ring substituents is 1. The molecule has 0 amide bonds. The van der Waals surface area contributed by atoms with Crippen LogP contribution in [0, 0.1) is 10.1 Å². The Balaban J connectivity index is 1.80. The fourth-order valence-corrected chi connectivity index (χ4v) is 3.06. The number of azo groups is 1. The van der Waals surface area contributed by atoms with Gasteiger partial charge in [0.2, 0.25) is 0 Å². The second kappa shape index (κ2) is 8.14.